The van der Waals surface area contributed by atoms with E-state index in [1.54, 1.807) is 6.20 Å². The second-order valence-electron chi connectivity index (χ2n) is 4.32. The van der Waals surface area contributed by atoms with Crippen LogP contribution < -0.4 is 4.90 Å². The van der Waals surface area contributed by atoms with Gasteiger partial charge >= 0.3 is 0 Å². The molecule has 1 fully saturated rings. The van der Waals surface area contributed by atoms with Crippen LogP contribution in [0.4, 0.5) is 13.9 Å². The number of alkyl halides is 2. The molecule has 19 heavy (non-hydrogen) atoms. The molecule has 0 bridgehead atoms. The van der Waals surface area contributed by atoms with Crippen molar-refractivity contribution in [3.8, 4) is 11.4 Å². The predicted molar refractivity (Wildman–Crippen MR) is 71.6 cm³/mol. The Morgan fingerprint density at radius 3 is 2.74 bits per heavy atom. The molecule has 1 N–H and O–H groups in total. The topological polar surface area (TPSA) is 57.7 Å². The number of rotatable bonds is 2. The number of aromatic amines is 1. The van der Waals surface area contributed by atoms with E-state index >= 15 is 0 Å². The molecule has 0 atom stereocenters. The fourth-order valence-corrected chi connectivity index (χ4v) is 3.51. The molecule has 3 rings (SSSR count). The van der Waals surface area contributed by atoms with Crippen LogP contribution in [0.3, 0.4) is 0 Å². The van der Waals surface area contributed by atoms with Gasteiger partial charge in [-0.25, -0.2) is 13.8 Å². The van der Waals surface area contributed by atoms with Crippen LogP contribution in [0.2, 0.25) is 0 Å². The predicted octanol–water partition coefficient (Wildman–Crippen LogP) is 2.93. The Labute approximate surface area is 120 Å². The highest BCUT2D eigenvalue weighted by molar-refractivity contribution is 9.11. The van der Waals surface area contributed by atoms with Crippen LogP contribution in [-0.2, 0) is 0 Å². The van der Waals surface area contributed by atoms with Crippen molar-refractivity contribution in [3.05, 3.63) is 9.98 Å². The van der Waals surface area contributed by atoms with E-state index in [2.05, 4.69) is 36.3 Å². The number of aromatic nitrogens is 4. The monoisotopic (exact) mass is 349 g/mol. The fourth-order valence-electron chi connectivity index (χ4n) is 1.92. The van der Waals surface area contributed by atoms with Gasteiger partial charge in [-0.1, -0.05) is 11.3 Å². The number of anilines is 1. The molecule has 0 saturated carbocycles. The van der Waals surface area contributed by atoms with Crippen molar-refractivity contribution in [2.75, 3.05) is 18.0 Å². The molecule has 0 spiro atoms. The number of piperidine rings is 1. The van der Waals surface area contributed by atoms with E-state index in [1.165, 1.54) is 11.3 Å². The zero-order valence-corrected chi connectivity index (χ0v) is 12.1. The summed E-state index contributed by atoms with van der Waals surface area (Å²) in [5, 5.41) is 11.0. The smallest absolute Gasteiger partial charge is 0.251 e. The number of H-pyrrole nitrogens is 1. The lowest BCUT2D eigenvalue weighted by Gasteiger charge is -2.31. The third-order valence-electron chi connectivity index (χ3n) is 3.00. The molecule has 1 aliphatic heterocycles. The van der Waals surface area contributed by atoms with Crippen molar-refractivity contribution in [1.29, 1.82) is 0 Å². The third-order valence-corrected chi connectivity index (χ3v) is 4.76. The first-order valence-corrected chi connectivity index (χ1v) is 7.31. The van der Waals surface area contributed by atoms with E-state index < -0.39 is 5.92 Å². The molecule has 0 amide bonds. The van der Waals surface area contributed by atoms with Crippen LogP contribution in [0.5, 0.6) is 0 Å². The van der Waals surface area contributed by atoms with Gasteiger partial charge in [0.05, 0.1) is 6.20 Å². The standard InChI is InChI=1S/C10H10BrF2N5S/c11-8-7(6-5-14-17-16-6)15-9(19-8)18-3-1-10(12,13)2-4-18/h5H,1-4H2,(H,14,16,17). The van der Waals surface area contributed by atoms with Crippen LogP contribution in [0.15, 0.2) is 9.98 Å². The maximum Gasteiger partial charge on any atom is 0.251 e. The Hall–Kier alpha value is -1.09. The maximum absolute atomic E-state index is 13.1. The molecule has 2 aromatic rings. The minimum atomic E-state index is -2.54. The summed E-state index contributed by atoms with van der Waals surface area (Å²) in [4.78, 5) is 6.34. The van der Waals surface area contributed by atoms with Crippen molar-refractivity contribution in [1.82, 2.24) is 20.4 Å². The second-order valence-corrected chi connectivity index (χ2v) is 6.61. The molecule has 5 nitrogen and oxygen atoms in total. The average Bonchev–Trinajstić information content (AvgIpc) is 2.98. The van der Waals surface area contributed by atoms with Gasteiger partial charge in [-0.3, -0.25) is 0 Å². The molecule has 0 aliphatic carbocycles. The largest absolute Gasteiger partial charge is 0.348 e. The molecule has 3 heterocycles. The van der Waals surface area contributed by atoms with Gasteiger partial charge < -0.3 is 4.90 Å². The van der Waals surface area contributed by atoms with E-state index in [9.17, 15) is 8.78 Å². The highest BCUT2D eigenvalue weighted by Crippen LogP contribution is 2.38. The van der Waals surface area contributed by atoms with Crippen LogP contribution in [0.25, 0.3) is 11.4 Å². The van der Waals surface area contributed by atoms with Crippen molar-refractivity contribution in [2.24, 2.45) is 0 Å². The van der Waals surface area contributed by atoms with E-state index in [4.69, 9.17) is 0 Å². The number of hydrogen-bond acceptors (Lipinski definition) is 5. The highest BCUT2D eigenvalue weighted by atomic mass is 79.9. The number of nitrogens with one attached hydrogen (secondary N) is 1. The van der Waals surface area contributed by atoms with Crippen molar-refractivity contribution < 1.29 is 8.78 Å². The highest BCUT2D eigenvalue weighted by Gasteiger charge is 2.35. The summed E-state index contributed by atoms with van der Waals surface area (Å²) in [5.74, 6) is -2.54. The van der Waals surface area contributed by atoms with E-state index in [0.717, 1.165) is 8.92 Å². The molecule has 0 radical (unpaired) electrons. The first-order valence-electron chi connectivity index (χ1n) is 5.70. The molecular formula is C10H10BrF2N5S. The summed E-state index contributed by atoms with van der Waals surface area (Å²) in [6, 6.07) is 0. The summed E-state index contributed by atoms with van der Waals surface area (Å²) in [5.41, 5.74) is 1.32. The Morgan fingerprint density at radius 2 is 2.11 bits per heavy atom. The van der Waals surface area contributed by atoms with Crippen molar-refractivity contribution >= 4 is 32.4 Å². The summed E-state index contributed by atoms with van der Waals surface area (Å²) in [7, 11) is 0. The average molecular weight is 350 g/mol. The lowest BCUT2D eigenvalue weighted by molar-refractivity contribution is -0.0220. The van der Waals surface area contributed by atoms with Gasteiger partial charge in [0, 0.05) is 25.9 Å². The number of hydrogen-bond donors (Lipinski definition) is 1. The molecule has 9 heteroatoms. The van der Waals surface area contributed by atoms with Gasteiger partial charge in [0.25, 0.3) is 5.92 Å². The van der Waals surface area contributed by atoms with E-state index in [0.29, 0.717) is 24.5 Å². The Bertz CT molecular complexity index is 560. The normalized spacial score (nSPS) is 18.8. The maximum atomic E-state index is 13.1. The zero-order chi connectivity index (χ0) is 13.5. The van der Waals surface area contributed by atoms with Gasteiger partial charge in [0.1, 0.15) is 15.2 Å². The summed E-state index contributed by atoms with van der Waals surface area (Å²) in [6.45, 7) is 0.649. The lowest BCUT2D eigenvalue weighted by atomic mass is 10.1. The SMILES string of the molecule is FC1(F)CCN(c2nc(-c3cn[nH]n3)c(Br)s2)CC1. The summed E-state index contributed by atoms with van der Waals surface area (Å²) >= 11 is 4.85. The minimum absolute atomic E-state index is 0.122. The molecule has 2 aromatic heterocycles. The van der Waals surface area contributed by atoms with Crippen LogP contribution in [0.1, 0.15) is 12.8 Å². The molecule has 102 valence electrons. The molecule has 1 aliphatic rings. The zero-order valence-electron chi connectivity index (χ0n) is 9.74. The van der Waals surface area contributed by atoms with Crippen molar-refractivity contribution in [2.45, 2.75) is 18.8 Å². The van der Waals surface area contributed by atoms with Gasteiger partial charge in [0.2, 0.25) is 0 Å². The second kappa shape index (κ2) is 4.78. The van der Waals surface area contributed by atoms with E-state index in [-0.39, 0.29) is 12.8 Å². The Kier molecular flexibility index (Phi) is 3.25. The minimum Gasteiger partial charge on any atom is -0.348 e. The Balaban J connectivity index is 1.82. The van der Waals surface area contributed by atoms with Crippen LogP contribution in [-0.4, -0.2) is 39.4 Å². The Morgan fingerprint density at radius 1 is 1.37 bits per heavy atom. The number of thiazole rings is 1. The quantitative estimate of drug-likeness (QED) is 0.905. The molecule has 1 saturated heterocycles. The molecule has 0 aromatic carbocycles. The van der Waals surface area contributed by atoms with Gasteiger partial charge in [0.15, 0.2) is 5.13 Å². The van der Waals surface area contributed by atoms with Gasteiger partial charge in [-0.2, -0.15) is 15.4 Å². The fraction of sp³-hybridized carbons (Fsp3) is 0.500. The number of nitrogens with zero attached hydrogens (tertiary/aromatic N) is 4. The summed E-state index contributed by atoms with van der Waals surface area (Å²) in [6.07, 6.45) is 1.33. The van der Waals surface area contributed by atoms with Crippen molar-refractivity contribution in [3.63, 3.8) is 0 Å². The molecular weight excluding hydrogens is 340 g/mol. The summed E-state index contributed by atoms with van der Waals surface area (Å²) < 4.78 is 27.1. The first kappa shape index (κ1) is 12.9. The van der Waals surface area contributed by atoms with Gasteiger partial charge in [-0.05, 0) is 15.9 Å². The first-order chi connectivity index (χ1) is 9.05. The van der Waals surface area contributed by atoms with Crippen LogP contribution in [0, 0.1) is 0 Å². The lowest BCUT2D eigenvalue weighted by Crippen LogP contribution is -2.39. The van der Waals surface area contributed by atoms with Gasteiger partial charge in [-0.15, -0.1) is 0 Å². The third kappa shape index (κ3) is 2.62. The van der Waals surface area contributed by atoms with E-state index in [1.807, 2.05) is 4.90 Å². The van der Waals surface area contributed by atoms with Crippen LogP contribution >= 0.6 is 27.3 Å². The number of halogens is 3. The molecule has 0 unspecified atom stereocenters.